The van der Waals surface area contributed by atoms with Crippen molar-refractivity contribution >= 4 is 23.4 Å². The van der Waals surface area contributed by atoms with Gasteiger partial charge in [0.2, 0.25) is 0 Å². The van der Waals surface area contributed by atoms with Crippen LogP contribution >= 0.6 is 11.6 Å². The van der Waals surface area contributed by atoms with Gasteiger partial charge in [0.05, 0.1) is 7.11 Å². The molecule has 15 heavy (non-hydrogen) atoms. The molecule has 2 rings (SSSR count). The molecule has 0 heterocycles. The Kier molecular flexibility index (Phi) is 2.49. The van der Waals surface area contributed by atoms with Crippen LogP contribution < -0.4 is 0 Å². The van der Waals surface area contributed by atoms with Crippen molar-refractivity contribution in [1.82, 2.24) is 0 Å². The minimum absolute atomic E-state index is 0.195. The maximum absolute atomic E-state index is 11.8. The second-order valence-electron chi connectivity index (χ2n) is 3.45. The average Bonchev–Trinajstić information content (AvgIpc) is 2.55. The molecule has 1 aliphatic carbocycles. The third-order valence-electron chi connectivity index (χ3n) is 2.56. The second-order valence-corrected chi connectivity index (χ2v) is 3.88. The maximum Gasteiger partial charge on any atom is 0.316 e. The zero-order valence-electron chi connectivity index (χ0n) is 8.12. The van der Waals surface area contributed by atoms with Crippen molar-refractivity contribution in [3.8, 4) is 0 Å². The number of halogens is 1. The van der Waals surface area contributed by atoms with E-state index < -0.39 is 11.9 Å². The molecule has 1 aliphatic rings. The molecule has 1 atom stereocenters. The molecule has 0 saturated heterocycles. The van der Waals surface area contributed by atoms with Crippen molar-refractivity contribution in [2.45, 2.75) is 6.42 Å². The molecule has 0 fully saturated rings. The van der Waals surface area contributed by atoms with Crippen molar-refractivity contribution in [2.75, 3.05) is 7.11 Å². The Balaban J connectivity index is 2.38. The molecule has 0 spiro atoms. The summed E-state index contributed by atoms with van der Waals surface area (Å²) in [6, 6.07) is 5.09. The van der Waals surface area contributed by atoms with Gasteiger partial charge in [0.25, 0.3) is 0 Å². The van der Waals surface area contributed by atoms with Crippen molar-refractivity contribution in [2.24, 2.45) is 5.92 Å². The van der Waals surface area contributed by atoms with Crippen LogP contribution in [0.5, 0.6) is 0 Å². The van der Waals surface area contributed by atoms with Crippen molar-refractivity contribution in [1.29, 1.82) is 0 Å². The third kappa shape index (κ3) is 1.63. The number of carbonyl (C=O) groups is 2. The number of esters is 1. The average molecular weight is 225 g/mol. The summed E-state index contributed by atoms with van der Waals surface area (Å²) >= 11 is 5.78. The quantitative estimate of drug-likeness (QED) is 0.540. The van der Waals surface area contributed by atoms with Gasteiger partial charge in [-0.15, -0.1) is 0 Å². The molecule has 0 aromatic heterocycles. The fourth-order valence-corrected chi connectivity index (χ4v) is 1.96. The number of hydrogen-bond donors (Lipinski definition) is 0. The monoisotopic (exact) mass is 224 g/mol. The Morgan fingerprint density at radius 1 is 1.53 bits per heavy atom. The first-order valence-electron chi connectivity index (χ1n) is 4.54. The smallest absolute Gasteiger partial charge is 0.316 e. The lowest BCUT2D eigenvalue weighted by Gasteiger charge is -2.03. The van der Waals surface area contributed by atoms with Gasteiger partial charge >= 0.3 is 5.97 Å². The molecule has 1 aromatic rings. The highest BCUT2D eigenvalue weighted by Crippen LogP contribution is 2.29. The molecule has 0 aliphatic heterocycles. The molecular formula is C11H9ClO3. The van der Waals surface area contributed by atoms with E-state index in [4.69, 9.17) is 11.6 Å². The molecular weight excluding hydrogens is 216 g/mol. The summed E-state index contributed by atoms with van der Waals surface area (Å²) in [5.74, 6) is -1.37. The van der Waals surface area contributed by atoms with Crippen LogP contribution in [0.2, 0.25) is 5.02 Å². The minimum atomic E-state index is -0.691. The molecule has 3 nitrogen and oxygen atoms in total. The van der Waals surface area contributed by atoms with Gasteiger partial charge in [-0.3, -0.25) is 9.59 Å². The van der Waals surface area contributed by atoms with Crippen LogP contribution in [0.4, 0.5) is 0 Å². The van der Waals surface area contributed by atoms with Gasteiger partial charge in [-0.05, 0) is 24.1 Å². The van der Waals surface area contributed by atoms with Crippen LogP contribution in [-0.2, 0) is 16.0 Å². The number of fused-ring (bicyclic) bond motifs is 1. The Bertz CT molecular complexity index is 439. The number of rotatable bonds is 1. The van der Waals surface area contributed by atoms with Crippen molar-refractivity contribution in [3.05, 3.63) is 34.3 Å². The molecule has 78 valence electrons. The van der Waals surface area contributed by atoms with Gasteiger partial charge in [0.15, 0.2) is 5.78 Å². The van der Waals surface area contributed by atoms with E-state index in [-0.39, 0.29) is 5.78 Å². The Morgan fingerprint density at radius 3 is 2.93 bits per heavy atom. The van der Waals surface area contributed by atoms with Crippen LogP contribution in [0.25, 0.3) is 0 Å². The highest BCUT2D eigenvalue weighted by Gasteiger charge is 2.36. The summed E-state index contributed by atoms with van der Waals surface area (Å²) in [6.07, 6.45) is 0.415. The van der Waals surface area contributed by atoms with Gasteiger partial charge in [0.1, 0.15) is 5.92 Å². The lowest BCUT2D eigenvalue weighted by atomic mass is 10.1. The predicted octanol–water partition coefficient (Wildman–Crippen LogP) is 1.87. The van der Waals surface area contributed by atoms with Gasteiger partial charge in [-0.1, -0.05) is 17.7 Å². The van der Waals surface area contributed by atoms with Gasteiger partial charge < -0.3 is 4.74 Å². The number of carbonyl (C=O) groups excluding carboxylic acids is 2. The summed E-state index contributed by atoms with van der Waals surface area (Å²) in [7, 11) is 1.28. The first-order chi connectivity index (χ1) is 7.13. The molecule has 1 unspecified atom stereocenters. The number of Topliss-reactive ketones (excluding diaryl/α,β-unsaturated/α-hetero) is 1. The van der Waals surface area contributed by atoms with Crippen molar-refractivity contribution < 1.29 is 14.3 Å². The first-order valence-corrected chi connectivity index (χ1v) is 4.91. The molecule has 0 saturated carbocycles. The molecule has 0 N–H and O–H groups in total. The fourth-order valence-electron chi connectivity index (χ4n) is 1.79. The van der Waals surface area contributed by atoms with Gasteiger partial charge in [0, 0.05) is 10.6 Å². The van der Waals surface area contributed by atoms with Crippen LogP contribution in [0, 0.1) is 5.92 Å². The van der Waals surface area contributed by atoms with Crippen LogP contribution in [0.15, 0.2) is 18.2 Å². The highest BCUT2D eigenvalue weighted by molar-refractivity contribution is 6.31. The van der Waals surface area contributed by atoms with E-state index in [1.165, 1.54) is 7.11 Å². The van der Waals surface area contributed by atoms with E-state index in [0.29, 0.717) is 17.0 Å². The lowest BCUT2D eigenvalue weighted by molar-refractivity contribution is -0.143. The van der Waals surface area contributed by atoms with E-state index >= 15 is 0 Å². The molecule has 0 radical (unpaired) electrons. The Hall–Kier alpha value is -1.35. The number of hydrogen-bond acceptors (Lipinski definition) is 3. The van der Waals surface area contributed by atoms with Gasteiger partial charge in [-0.25, -0.2) is 0 Å². The fraction of sp³-hybridized carbons (Fsp3) is 0.273. The molecule has 1 aromatic carbocycles. The standard InChI is InChI=1S/C11H9ClO3/c1-15-11(14)9-4-6-2-3-7(12)5-8(6)10(9)13/h2-3,5,9H,4H2,1H3. The lowest BCUT2D eigenvalue weighted by Crippen LogP contribution is -2.21. The Morgan fingerprint density at radius 2 is 2.27 bits per heavy atom. The maximum atomic E-state index is 11.8. The summed E-state index contributed by atoms with van der Waals surface area (Å²) in [5, 5.41) is 0.507. The SMILES string of the molecule is COC(=O)C1Cc2ccc(Cl)cc2C1=O. The Labute approximate surface area is 92.0 Å². The number of ether oxygens (including phenoxy) is 1. The van der Waals surface area contributed by atoms with Crippen molar-refractivity contribution in [3.63, 3.8) is 0 Å². The van der Waals surface area contributed by atoms with E-state index in [2.05, 4.69) is 4.74 Å². The zero-order valence-corrected chi connectivity index (χ0v) is 8.88. The second kappa shape index (κ2) is 3.66. The zero-order chi connectivity index (χ0) is 11.0. The first kappa shape index (κ1) is 10.2. The number of methoxy groups -OCH3 is 1. The van der Waals surface area contributed by atoms with Crippen LogP contribution in [0.3, 0.4) is 0 Å². The van der Waals surface area contributed by atoms with Crippen LogP contribution in [-0.4, -0.2) is 18.9 Å². The van der Waals surface area contributed by atoms with Crippen LogP contribution in [0.1, 0.15) is 15.9 Å². The van der Waals surface area contributed by atoms with E-state index in [0.717, 1.165) is 5.56 Å². The number of benzene rings is 1. The normalized spacial score (nSPS) is 18.8. The molecule has 4 heteroatoms. The van der Waals surface area contributed by atoms with E-state index in [9.17, 15) is 9.59 Å². The summed E-state index contributed by atoms with van der Waals surface area (Å²) in [5.41, 5.74) is 1.40. The largest absolute Gasteiger partial charge is 0.468 e. The minimum Gasteiger partial charge on any atom is -0.468 e. The van der Waals surface area contributed by atoms with Gasteiger partial charge in [-0.2, -0.15) is 0 Å². The molecule has 0 amide bonds. The highest BCUT2D eigenvalue weighted by atomic mass is 35.5. The summed E-state index contributed by atoms with van der Waals surface area (Å²) in [4.78, 5) is 23.1. The summed E-state index contributed by atoms with van der Waals surface area (Å²) in [6.45, 7) is 0. The third-order valence-corrected chi connectivity index (χ3v) is 2.80. The predicted molar refractivity (Wildman–Crippen MR) is 55.0 cm³/mol. The number of ketones is 1. The summed E-state index contributed by atoms with van der Waals surface area (Å²) < 4.78 is 4.57. The van der Waals surface area contributed by atoms with E-state index in [1.807, 2.05) is 0 Å². The van der Waals surface area contributed by atoms with E-state index in [1.54, 1.807) is 18.2 Å². The topological polar surface area (TPSA) is 43.4 Å². The molecule has 0 bridgehead atoms.